The number of nitro benzene ring substituents is 1. The molecule has 3 N–H and O–H groups in total. The predicted molar refractivity (Wildman–Crippen MR) is 121 cm³/mol. The Bertz CT molecular complexity index is 1140. The molecule has 0 spiro atoms. The molecule has 10 nitrogen and oxygen atoms in total. The number of pyridine rings is 1. The van der Waals surface area contributed by atoms with Crippen molar-refractivity contribution >= 4 is 39.2 Å². The van der Waals surface area contributed by atoms with Gasteiger partial charge in [0.25, 0.3) is 23.1 Å². The number of halogens is 1. The highest BCUT2D eigenvalue weighted by molar-refractivity contribution is 9.10. The second-order valence-electron chi connectivity index (χ2n) is 7.42. The van der Waals surface area contributed by atoms with Crippen molar-refractivity contribution in [3.63, 3.8) is 0 Å². The van der Waals surface area contributed by atoms with Crippen LogP contribution in [0.1, 0.15) is 66.2 Å². The number of carbonyl (C=O) groups excluding carboxylic acids is 2. The summed E-state index contributed by atoms with van der Waals surface area (Å²) in [5.41, 5.74) is 4.33. The number of ether oxygens (including phenoxy) is 1. The van der Waals surface area contributed by atoms with E-state index in [1.54, 1.807) is 0 Å². The van der Waals surface area contributed by atoms with Crippen molar-refractivity contribution in [3.8, 4) is 11.4 Å². The quantitative estimate of drug-likeness (QED) is 0.216. The smallest absolute Gasteiger partial charge is 0.294 e. The van der Waals surface area contributed by atoms with Gasteiger partial charge in [-0.1, -0.05) is 39.0 Å². The Hall–Kier alpha value is -3.21. The van der Waals surface area contributed by atoms with Gasteiger partial charge >= 0.3 is 0 Å². The summed E-state index contributed by atoms with van der Waals surface area (Å²) in [4.78, 5) is 47.7. The number of hydrogen-bond acceptors (Lipinski definition) is 7. The number of fused-ring (bicyclic) bond motifs is 1. The number of hydrogen-bond donors (Lipinski definition) is 2. The van der Waals surface area contributed by atoms with Gasteiger partial charge in [0.15, 0.2) is 0 Å². The van der Waals surface area contributed by atoms with Crippen LogP contribution in [0.15, 0.2) is 27.5 Å². The molecule has 32 heavy (non-hydrogen) atoms. The van der Waals surface area contributed by atoms with Crippen LogP contribution in [0.25, 0.3) is 5.69 Å². The van der Waals surface area contributed by atoms with E-state index in [9.17, 15) is 24.5 Å². The number of nitro groups is 1. The molecule has 11 heteroatoms. The summed E-state index contributed by atoms with van der Waals surface area (Å²) in [6.07, 6.45) is 6.43. The molecule has 0 fully saturated rings. The van der Waals surface area contributed by atoms with Gasteiger partial charge in [0.1, 0.15) is 17.3 Å². The molecular weight excluding hydrogens is 484 g/mol. The Kier molecular flexibility index (Phi) is 7.29. The van der Waals surface area contributed by atoms with Crippen LogP contribution in [0.4, 0.5) is 11.5 Å². The minimum absolute atomic E-state index is 0.159. The van der Waals surface area contributed by atoms with Gasteiger partial charge in [0, 0.05) is 18.2 Å². The lowest BCUT2D eigenvalue weighted by atomic mass is 10.1. The number of imide groups is 1. The van der Waals surface area contributed by atoms with E-state index in [4.69, 9.17) is 10.5 Å². The maximum Gasteiger partial charge on any atom is 0.294 e. The molecule has 2 aromatic rings. The molecule has 0 aliphatic carbocycles. The fourth-order valence-corrected chi connectivity index (χ4v) is 4.01. The molecule has 1 aromatic heterocycles. The number of nitrogens with two attached hydrogens (primary N) is 1. The Labute approximate surface area is 192 Å². The minimum atomic E-state index is -0.779. The van der Waals surface area contributed by atoms with E-state index in [0.717, 1.165) is 36.3 Å². The number of nitrogen functional groups attached to an aromatic ring is 1. The number of amides is 2. The second kappa shape index (κ2) is 9.94. The minimum Gasteiger partial charge on any atom is -0.492 e. The fourth-order valence-electron chi connectivity index (χ4n) is 3.56. The second-order valence-corrected chi connectivity index (χ2v) is 8.27. The van der Waals surface area contributed by atoms with Crippen molar-refractivity contribution < 1.29 is 19.2 Å². The maximum atomic E-state index is 12.7. The molecule has 2 amide bonds. The van der Waals surface area contributed by atoms with Crippen molar-refractivity contribution in [1.82, 2.24) is 9.88 Å². The van der Waals surface area contributed by atoms with Gasteiger partial charge in [0.2, 0.25) is 0 Å². The first-order valence-electron chi connectivity index (χ1n) is 10.3. The average molecular weight is 507 g/mol. The highest BCUT2D eigenvalue weighted by Gasteiger charge is 2.33. The van der Waals surface area contributed by atoms with E-state index < -0.39 is 28.0 Å². The summed E-state index contributed by atoms with van der Waals surface area (Å²) in [7, 11) is 0. The molecule has 0 atom stereocenters. The van der Waals surface area contributed by atoms with E-state index >= 15 is 0 Å². The van der Waals surface area contributed by atoms with Gasteiger partial charge < -0.3 is 10.5 Å². The lowest BCUT2D eigenvalue weighted by molar-refractivity contribution is -0.384. The van der Waals surface area contributed by atoms with Crippen molar-refractivity contribution in [1.29, 1.82) is 0 Å². The van der Waals surface area contributed by atoms with Crippen LogP contribution in [-0.2, 0) is 0 Å². The monoisotopic (exact) mass is 506 g/mol. The van der Waals surface area contributed by atoms with E-state index in [1.807, 2.05) is 0 Å². The van der Waals surface area contributed by atoms with Crippen LogP contribution in [0.5, 0.6) is 5.75 Å². The first kappa shape index (κ1) is 23.5. The fraction of sp³-hybridized carbons (Fsp3) is 0.381. The zero-order valence-corrected chi connectivity index (χ0v) is 19.1. The molecule has 1 aliphatic rings. The molecule has 0 radical (unpaired) electrons. The maximum absolute atomic E-state index is 12.7. The van der Waals surface area contributed by atoms with Gasteiger partial charge in [-0.25, -0.2) is 0 Å². The number of aromatic nitrogens is 1. The first-order valence-corrected chi connectivity index (χ1v) is 11.1. The Morgan fingerprint density at radius 1 is 1.09 bits per heavy atom. The number of rotatable bonds is 10. The standard InChI is InChI=1S/C21H23BrN4O6/c1-2-3-4-5-6-7-8-32-16-11-14(15(26(30)31)10-13(16)22)25-17(27)9-12-18(19(25)23)21(29)24-20(12)28/h9-11H,2-8,23H2,1H3,(H,24,28,29). The average Bonchev–Trinajstić information content (AvgIpc) is 3.02. The van der Waals surface area contributed by atoms with Gasteiger partial charge in [-0.05, 0) is 22.4 Å². The number of nitrogens with one attached hydrogen (secondary N) is 1. The van der Waals surface area contributed by atoms with E-state index in [-0.39, 0.29) is 22.6 Å². The third kappa shape index (κ3) is 4.67. The largest absolute Gasteiger partial charge is 0.492 e. The molecule has 1 aromatic carbocycles. The Morgan fingerprint density at radius 2 is 1.78 bits per heavy atom. The van der Waals surface area contributed by atoms with Crippen LogP contribution in [0.2, 0.25) is 0 Å². The highest BCUT2D eigenvalue weighted by Crippen LogP contribution is 2.36. The van der Waals surface area contributed by atoms with Crippen molar-refractivity contribution in [2.75, 3.05) is 12.3 Å². The molecule has 0 saturated heterocycles. The third-order valence-corrected chi connectivity index (χ3v) is 5.80. The van der Waals surface area contributed by atoms with Gasteiger partial charge in [-0.15, -0.1) is 0 Å². The van der Waals surface area contributed by atoms with Crippen molar-refractivity contribution in [2.24, 2.45) is 0 Å². The molecule has 0 saturated carbocycles. The normalized spacial score (nSPS) is 12.6. The van der Waals surface area contributed by atoms with Crippen LogP contribution < -0.4 is 21.3 Å². The van der Waals surface area contributed by atoms with Crippen LogP contribution in [-0.4, -0.2) is 27.9 Å². The van der Waals surface area contributed by atoms with Crippen LogP contribution in [0, 0.1) is 10.1 Å². The molecule has 2 heterocycles. The molecule has 0 unspecified atom stereocenters. The highest BCUT2D eigenvalue weighted by atomic mass is 79.9. The van der Waals surface area contributed by atoms with Crippen molar-refractivity contribution in [2.45, 2.75) is 45.4 Å². The number of benzene rings is 1. The molecule has 1 aliphatic heterocycles. The SMILES string of the molecule is CCCCCCCCOc1cc(-n2c(N)c3c(cc2=O)C(=O)NC3=O)c([N+](=O)[O-])cc1Br. The van der Waals surface area contributed by atoms with Crippen molar-refractivity contribution in [3.05, 3.63) is 54.3 Å². The van der Waals surface area contributed by atoms with Gasteiger partial charge in [-0.2, -0.15) is 0 Å². The number of anilines is 1. The zero-order chi connectivity index (χ0) is 23.4. The summed E-state index contributed by atoms with van der Waals surface area (Å²) >= 11 is 3.27. The predicted octanol–water partition coefficient (Wildman–Crippen LogP) is 3.71. The summed E-state index contributed by atoms with van der Waals surface area (Å²) in [5, 5.41) is 13.7. The summed E-state index contributed by atoms with van der Waals surface area (Å²) in [5.74, 6) is -1.57. The molecule has 170 valence electrons. The lowest BCUT2D eigenvalue weighted by Crippen LogP contribution is -2.24. The van der Waals surface area contributed by atoms with Gasteiger partial charge in [0.05, 0.1) is 27.1 Å². The summed E-state index contributed by atoms with van der Waals surface area (Å²) < 4.78 is 6.99. The number of carbonyl (C=O) groups is 2. The van der Waals surface area contributed by atoms with E-state index in [2.05, 4.69) is 28.2 Å². The molecule has 3 rings (SSSR count). The third-order valence-electron chi connectivity index (χ3n) is 5.18. The first-order chi connectivity index (χ1) is 15.3. The van der Waals surface area contributed by atoms with E-state index in [1.165, 1.54) is 25.0 Å². The lowest BCUT2D eigenvalue weighted by Gasteiger charge is -2.15. The van der Waals surface area contributed by atoms with Crippen LogP contribution >= 0.6 is 15.9 Å². The summed E-state index contributed by atoms with van der Waals surface area (Å²) in [6.45, 7) is 2.55. The zero-order valence-electron chi connectivity index (χ0n) is 17.5. The van der Waals surface area contributed by atoms with Crippen LogP contribution in [0.3, 0.4) is 0 Å². The topological polar surface area (TPSA) is 147 Å². The van der Waals surface area contributed by atoms with Gasteiger partial charge in [-0.3, -0.25) is 34.4 Å². The van der Waals surface area contributed by atoms with E-state index in [0.29, 0.717) is 16.8 Å². The molecule has 0 bridgehead atoms. The number of nitrogens with zero attached hydrogens (tertiary/aromatic N) is 2. The Morgan fingerprint density at radius 3 is 2.47 bits per heavy atom. The summed E-state index contributed by atoms with van der Waals surface area (Å²) in [6, 6.07) is 3.49. The molecular formula is C21H23BrN4O6. The Balaban J connectivity index is 1.96. The number of unbranched alkanes of at least 4 members (excludes halogenated alkanes) is 5.